The van der Waals surface area contributed by atoms with Gasteiger partial charge >= 0.3 is 12.4 Å². The van der Waals surface area contributed by atoms with Crippen LogP contribution in [0.4, 0.5) is 42.1 Å². The van der Waals surface area contributed by atoms with Crippen molar-refractivity contribution in [3.05, 3.63) is 93.8 Å². The van der Waals surface area contributed by atoms with Gasteiger partial charge in [0, 0.05) is 11.5 Å². The molecule has 4 amide bonds. The maximum atomic E-state index is 14.5. The van der Waals surface area contributed by atoms with Crippen molar-refractivity contribution in [1.29, 1.82) is 0 Å². The summed E-state index contributed by atoms with van der Waals surface area (Å²) in [7, 11) is 1.29. The van der Waals surface area contributed by atoms with E-state index in [4.69, 9.17) is 16.3 Å². The van der Waals surface area contributed by atoms with Crippen LogP contribution in [0.5, 0.6) is 11.5 Å². The molecule has 2 aliphatic carbocycles. The average Bonchev–Trinajstić information content (AvgIpc) is 3.45. The molecule has 272 valence electrons. The van der Waals surface area contributed by atoms with E-state index in [-0.39, 0.29) is 46.7 Å². The van der Waals surface area contributed by atoms with Crippen LogP contribution in [0.15, 0.2) is 66.2 Å². The van der Waals surface area contributed by atoms with Gasteiger partial charge in [-0.1, -0.05) is 35.4 Å². The Kier molecular flexibility index (Phi) is 8.05. The van der Waals surface area contributed by atoms with Gasteiger partial charge in [0.05, 0.1) is 57.8 Å². The molecular weight excluding hydrogens is 725 g/mol. The summed E-state index contributed by atoms with van der Waals surface area (Å²) in [4.78, 5) is 58.0. The lowest BCUT2D eigenvalue weighted by molar-refractivity contribution is -0.143. The molecule has 2 saturated heterocycles. The number of hydrogen-bond donors (Lipinski definition) is 1. The van der Waals surface area contributed by atoms with Crippen molar-refractivity contribution in [3.63, 3.8) is 0 Å². The molecule has 52 heavy (non-hydrogen) atoms. The second-order valence-corrected chi connectivity index (χ2v) is 13.8. The van der Waals surface area contributed by atoms with Crippen molar-refractivity contribution in [2.75, 3.05) is 16.9 Å². The number of para-hydroxylation sites is 1. The number of carbonyl (C=O) groups is 4. The number of fused-ring (bicyclic) bond motifs is 4. The summed E-state index contributed by atoms with van der Waals surface area (Å²) < 4.78 is 102. The number of aromatic hydroxyl groups is 1. The molecule has 3 aromatic rings. The van der Waals surface area contributed by atoms with E-state index < -0.39 is 93.6 Å². The number of ether oxygens (including phenoxy) is 1. The number of phenols is 1. The van der Waals surface area contributed by atoms with E-state index in [1.807, 2.05) is 0 Å². The van der Waals surface area contributed by atoms with Crippen LogP contribution in [-0.2, 0) is 31.5 Å². The van der Waals surface area contributed by atoms with E-state index in [9.17, 15) is 55.0 Å². The molecular formula is C36H26ClF7N2O6. The fourth-order valence-electron chi connectivity index (χ4n) is 8.49. The fourth-order valence-corrected chi connectivity index (χ4v) is 8.66. The van der Waals surface area contributed by atoms with Gasteiger partial charge in [0.15, 0.2) is 11.5 Å². The summed E-state index contributed by atoms with van der Waals surface area (Å²) in [6.07, 6.45) is -9.35. The Morgan fingerprint density at radius 2 is 1.50 bits per heavy atom. The predicted molar refractivity (Wildman–Crippen MR) is 170 cm³/mol. The van der Waals surface area contributed by atoms with Gasteiger partial charge in [-0.25, -0.2) is 14.2 Å². The molecule has 7 rings (SSSR count). The van der Waals surface area contributed by atoms with Crippen molar-refractivity contribution >= 4 is 46.6 Å². The average molecular weight is 751 g/mol. The van der Waals surface area contributed by atoms with Gasteiger partial charge in [0.2, 0.25) is 23.6 Å². The lowest BCUT2D eigenvalue weighted by atomic mass is 9.51. The second kappa shape index (κ2) is 11.8. The maximum Gasteiger partial charge on any atom is 0.416 e. The van der Waals surface area contributed by atoms with Gasteiger partial charge in [0.1, 0.15) is 5.82 Å². The number of nitrogens with zero attached hydrogens (tertiary/aromatic N) is 2. The van der Waals surface area contributed by atoms with E-state index in [1.54, 1.807) is 6.08 Å². The number of alkyl halides is 6. The third-order valence-electron chi connectivity index (χ3n) is 10.8. The number of imide groups is 2. The quantitative estimate of drug-likeness (QED) is 0.167. The smallest absolute Gasteiger partial charge is 0.416 e. The zero-order valence-electron chi connectivity index (χ0n) is 27.0. The summed E-state index contributed by atoms with van der Waals surface area (Å²) >= 11 is 6.00. The number of allylic oxidation sites excluding steroid dienone is 2. The Morgan fingerprint density at radius 3 is 2.10 bits per heavy atom. The number of methoxy groups -OCH3 is 1. The number of phenolic OH excluding ortho intramolecular Hbond substituents is 1. The lowest BCUT2D eigenvalue weighted by Crippen LogP contribution is -2.48. The van der Waals surface area contributed by atoms with E-state index in [2.05, 4.69) is 0 Å². The monoisotopic (exact) mass is 750 g/mol. The summed E-state index contributed by atoms with van der Waals surface area (Å²) in [6, 6.07) is 8.19. The van der Waals surface area contributed by atoms with E-state index in [0.29, 0.717) is 22.6 Å². The molecule has 0 radical (unpaired) electrons. The zero-order valence-corrected chi connectivity index (χ0v) is 27.7. The Hall–Kier alpha value is -4.92. The lowest BCUT2D eigenvalue weighted by Gasteiger charge is -2.49. The minimum absolute atomic E-state index is 0.0105. The highest BCUT2D eigenvalue weighted by atomic mass is 35.5. The number of carbonyl (C=O) groups excluding carboxylic acids is 4. The van der Waals surface area contributed by atoms with Gasteiger partial charge in [-0.15, -0.1) is 0 Å². The summed E-state index contributed by atoms with van der Waals surface area (Å²) in [5.74, 6) is -10.8. The van der Waals surface area contributed by atoms with Crippen molar-refractivity contribution in [1.82, 2.24) is 0 Å². The van der Waals surface area contributed by atoms with Crippen LogP contribution in [-0.4, -0.2) is 35.8 Å². The first-order chi connectivity index (χ1) is 24.3. The SMILES string of the molecule is COc1cccc([C@H]2C3=CC[C@@H]4C(=O)N(c5cc(C(F)(F)F)cc(C(F)(F)F)c5)C(=O)[C@@H]4[C@@H]3C[C@H]3C(=O)N(c4ccc(F)c(Cl)c4)C(=O)[C@@]23C)c1O. The van der Waals surface area contributed by atoms with Crippen molar-refractivity contribution in [2.24, 2.45) is 29.1 Å². The highest BCUT2D eigenvalue weighted by Crippen LogP contribution is 2.65. The van der Waals surface area contributed by atoms with Crippen molar-refractivity contribution < 1.29 is 59.8 Å². The highest BCUT2D eigenvalue weighted by Gasteiger charge is 2.68. The first-order valence-electron chi connectivity index (χ1n) is 15.9. The zero-order chi connectivity index (χ0) is 37.8. The number of anilines is 2. The molecule has 1 N–H and O–H groups in total. The van der Waals surface area contributed by atoms with Crippen LogP contribution in [0.3, 0.4) is 0 Å². The molecule has 1 saturated carbocycles. The minimum atomic E-state index is -5.25. The second-order valence-electron chi connectivity index (χ2n) is 13.4. The van der Waals surface area contributed by atoms with Gasteiger partial charge in [0.25, 0.3) is 0 Å². The number of hydrogen-bond acceptors (Lipinski definition) is 6. The molecule has 16 heteroatoms. The summed E-state index contributed by atoms with van der Waals surface area (Å²) in [6.45, 7) is 1.50. The molecule has 0 unspecified atom stereocenters. The van der Waals surface area contributed by atoms with Gasteiger partial charge in [-0.3, -0.25) is 19.2 Å². The molecule has 0 aromatic heterocycles. The van der Waals surface area contributed by atoms with E-state index >= 15 is 0 Å². The topological polar surface area (TPSA) is 104 Å². The first-order valence-corrected chi connectivity index (χ1v) is 16.2. The van der Waals surface area contributed by atoms with E-state index in [0.717, 1.165) is 17.0 Å². The Bertz CT molecular complexity index is 2080. The van der Waals surface area contributed by atoms with Crippen LogP contribution in [0, 0.1) is 34.9 Å². The van der Waals surface area contributed by atoms with Gasteiger partial charge < -0.3 is 9.84 Å². The Labute approximate surface area is 295 Å². The number of amides is 4. The largest absolute Gasteiger partial charge is 0.504 e. The van der Waals surface area contributed by atoms with Crippen molar-refractivity contribution in [2.45, 2.75) is 38.0 Å². The molecule has 3 aromatic carbocycles. The number of benzene rings is 3. The fraction of sp³-hybridized carbons (Fsp3) is 0.333. The van der Waals surface area contributed by atoms with Gasteiger partial charge in [-0.2, -0.15) is 26.3 Å². The van der Waals surface area contributed by atoms with Crippen LogP contribution in [0.1, 0.15) is 42.4 Å². The Balaban J connectivity index is 1.37. The molecule has 8 nitrogen and oxygen atoms in total. The van der Waals surface area contributed by atoms with Crippen LogP contribution in [0.25, 0.3) is 0 Å². The number of halogens is 8. The first kappa shape index (κ1) is 35.5. The Morgan fingerprint density at radius 1 is 0.846 bits per heavy atom. The molecule has 3 fully saturated rings. The number of rotatable bonds is 4. The summed E-state index contributed by atoms with van der Waals surface area (Å²) in [5, 5.41) is 11.0. The van der Waals surface area contributed by atoms with Crippen LogP contribution >= 0.6 is 11.6 Å². The highest BCUT2D eigenvalue weighted by molar-refractivity contribution is 6.32. The molecule has 0 spiro atoms. The predicted octanol–water partition coefficient (Wildman–Crippen LogP) is 7.67. The molecule has 4 aliphatic rings. The van der Waals surface area contributed by atoms with E-state index in [1.165, 1.54) is 38.3 Å². The standard InChI is InChI=1S/C36H26ClF7N2O6/c1-34-23(31(49)46(33(34)51)17-6-9-25(38)24(37)13-17)14-22-19(28(34)21-4-3-5-26(52-2)29(21)47)7-8-20-27(22)32(50)45(30(20)48)18-11-15(35(39,40)41)10-16(12-18)36(42,43)44/h3-7,9-13,20,22-23,27-28,47H,8,14H2,1-2H3/t20-,22+,23-,27-,28+,34+/m0/s1. The third kappa shape index (κ3) is 5.10. The van der Waals surface area contributed by atoms with Crippen LogP contribution in [0.2, 0.25) is 5.02 Å². The normalized spacial score (nSPS) is 27.4. The molecule has 6 atom stereocenters. The molecule has 2 heterocycles. The van der Waals surface area contributed by atoms with Crippen molar-refractivity contribution in [3.8, 4) is 11.5 Å². The molecule has 2 aliphatic heterocycles. The van der Waals surface area contributed by atoms with Gasteiger partial charge in [-0.05, 0) is 68.1 Å². The summed E-state index contributed by atoms with van der Waals surface area (Å²) in [5.41, 5.74) is -5.57. The third-order valence-corrected chi connectivity index (χ3v) is 11.1. The minimum Gasteiger partial charge on any atom is -0.504 e. The molecule has 0 bridgehead atoms. The van der Waals surface area contributed by atoms with Crippen LogP contribution < -0.4 is 14.5 Å². The maximum absolute atomic E-state index is 14.5.